The van der Waals surface area contributed by atoms with Gasteiger partial charge in [-0.3, -0.25) is 4.79 Å². The Kier molecular flexibility index (Phi) is 4.44. The van der Waals surface area contributed by atoms with E-state index in [4.69, 9.17) is 5.73 Å². The van der Waals surface area contributed by atoms with E-state index in [-0.39, 0.29) is 5.91 Å². The maximum atomic E-state index is 12.1. The molecule has 0 bridgehead atoms. The number of fused-ring (bicyclic) bond motifs is 1. The van der Waals surface area contributed by atoms with Crippen LogP contribution in [-0.2, 0) is 4.79 Å². The monoisotopic (exact) mass is 387 g/mol. The van der Waals surface area contributed by atoms with Crippen LogP contribution in [0.3, 0.4) is 0 Å². The molecular weight excluding hydrogens is 366 g/mol. The highest BCUT2D eigenvalue weighted by atomic mass is 16.3. The second kappa shape index (κ2) is 6.83. The predicted octanol–water partition coefficient (Wildman–Crippen LogP) is 1.84. The number of benzene rings is 1. The van der Waals surface area contributed by atoms with Crippen LogP contribution in [0.4, 0.5) is 5.82 Å². The second-order valence-electron chi connectivity index (χ2n) is 7.40. The Bertz CT molecular complexity index is 1210. The van der Waals surface area contributed by atoms with Crippen molar-refractivity contribution in [3.05, 3.63) is 47.3 Å². The third-order valence-corrected chi connectivity index (χ3v) is 5.26. The van der Waals surface area contributed by atoms with Crippen LogP contribution in [0.2, 0.25) is 0 Å². The number of hydrogen-bond donors (Lipinski definition) is 2. The summed E-state index contributed by atoms with van der Waals surface area (Å²) in [6.45, 7) is 4.38. The molecule has 3 aromatic rings. The van der Waals surface area contributed by atoms with Crippen molar-refractivity contribution in [3.8, 4) is 23.2 Å². The molecule has 4 rings (SSSR count). The number of nitrogens with zero attached hydrogens (tertiary/aromatic N) is 4. The van der Waals surface area contributed by atoms with Gasteiger partial charge in [0.1, 0.15) is 11.3 Å². The normalized spacial score (nSPS) is 18.8. The lowest BCUT2D eigenvalue weighted by molar-refractivity contribution is -0.137. The zero-order valence-corrected chi connectivity index (χ0v) is 16.5. The van der Waals surface area contributed by atoms with E-state index in [1.807, 2.05) is 32.0 Å². The van der Waals surface area contributed by atoms with Gasteiger partial charge in [-0.05, 0) is 37.1 Å². The van der Waals surface area contributed by atoms with Crippen molar-refractivity contribution in [3.63, 3.8) is 0 Å². The molecule has 3 heterocycles. The fourth-order valence-corrected chi connectivity index (χ4v) is 3.38. The number of pyridine rings is 1. The molecule has 0 unspecified atom stereocenters. The van der Waals surface area contributed by atoms with E-state index in [0.717, 1.165) is 22.1 Å². The molecule has 1 amide bonds. The number of carbonyl (C=O) groups excluding carboxylic acids is 1. The molecule has 7 nitrogen and oxygen atoms in total. The Balaban J connectivity index is 1.76. The minimum atomic E-state index is -1.63. The summed E-state index contributed by atoms with van der Waals surface area (Å²) in [6.07, 6.45) is 3.75. The molecule has 146 valence electrons. The third-order valence-electron chi connectivity index (χ3n) is 5.26. The minimum absolute atomic E-state index is 0.299. The number of aromatic nitrogens is 3. The Morgan fingerprint density at radius 2 is 2.00 bits per heavy atom. The number of nitrogen functional groups attached to an aromatic ring is 1. The summed E-state index contributed by atoms with van der Waals surface area (Å²) in [7, 11) is 1.66. The molecule has 7 heteroatoms. The van der Waals surface area contributed by atoms with Crippen molar-refractivity contribution in [2.45, 2.75) is 25.9 Å². The average Bonchev–Trinajstić information content (AvgIpc) is 2.98. The van der Waals surface area contributed by atoms with Gasteiger partial charge in [0.05, 0.1) is 0 Å². The quantitative estimate of drug-likeness (QED) is 0.617. The van der Waals surface area contributed by atoms with E-state index < -0.39 is 5.60 Å². The van der Waals surface area contributed by atoms with Crippen molar-refractivity contribution in [1.82, 2.24) is 19.9 Å². The molecule has 2 aromatic heterocycles. The van der Waals surface area contributed by atoms with Gasteiger partial charge in [0, 0.05) is 48.9 Å². The van der Waals surface area contributed by atoms with Gasteiger partial charge in [0.25, 0.3) is 5.91 Å². The second-order valence-corrected chi connectivity index (χ2v) is 7.40. The lowest BCUT2D eigenvalue weighted by Crippen LogP contribution is -2.37. The zero-order chi connectivity index (χ0) is 20.8. The number of anilines is 1. The van der Waals surface area contributed by atoms with Gasteiger partial charge < -0.3 is 15.7 Å². The molecule has 1 saturated heterocycles. The van der Waals surface area contributed by atoms with Gasteiger partial charge in [-0.15, -0.1) is 0 Å². The van der Waals surface area contributed by atoms with E-state index in [9.17, 15) is 9.90 Å². The zero-order valence-electron chi connectivity index (χ0n) is 16.5. The third kappa shape index (κ3) is 3.28. The molecule has 0 aliphatic carbocycles. The summed E-state index contributed by atoms with van der Waals surface area (Å²) in [5.41, 5.74) is 8.40. The van der Waals surface area contributed by atoms with Gasteiger partial charge in [0.15, 0.2) is 5.82 Å². The fourth-order valence-electron chi connectivity index (χ4n) is 3.38. The Morgan fingerprint density at radius 1 is 1.21 bits per heavy atom. The van der Waals surface area contributed by atoms with Gasteiger partial charge in [-0.1, -0.05) is 17.9 Å². The standard InChI is InChI=1S/C22H21N5O2/c1-13-4-5-15(6-7-22(29)8-9-27(3)21(22)28)10-16(13)20-25-12-17-14(2)11-24-19(23)18(17)26-20/h4-5,10-12,29H,8-9H2,1-3H3,(H2,23,24)/t22-/m0/s1. The number of carbonyl (C=O) groups is 1. The van der Waals surface area contributed by atoms with Gasteiger partial charge in [-0.25, -0.2) is 15.0 Å². The smallest absolute Gasteiger partial charge is 0.267 e. The summed E-state index contributed by atoms with van der Waals surface area (Å²) < 4.78 is 0. The number of likely N-dealkylation sites (tertiary alicyclic amines) is 1. The highest BCUT2D eigenvalue weighted by molar-refractivity contribution is 5.91. The van der Waals surface area contributed by atoms with Crippen LogP contribution in [0.15, 0.2) is 30.6 Å². The summed E-state index contributed by atoms with van der Waals surface area (Å²) >= 11 is 0. The van der Waals surface area contributed by atoms with Crippen LogP contribution in [-0.4, -0.2) is 50.1 Å². The molecule has 3 N–H and O–H groups in total. The van der Waals surface area contributed by atoms with Crippen LogP contribution in [0.5, 0.6) is 0 Å². The lowest BCUT2D eigenvalue weighted by atomic mass is 10.0. The Labute approximate surface area is 168 Å². The first-order valence-corrected chi connectivity index (χ1v) is 9.28. The Hall–Kier alpha value is -3.50. The lowest BCUT2D eigenvalue weighted by Gasteiger charge is -2.13. The van der Waals surface area contributed by atoms with Gasteiger partial charge >= 0.3 is 0 Å². The molecule has 29 heavy (non-hydrogen) atoms. The maximum Gasteiger partial charge on any atom is 0.267 e. The average molecular weight is 387 g/mol. The van der Waals surface area contributed by atoms with Crippen LogP contribution < -0.4 is 5.73 Å². The first kappa shape index (κ1) is 18.8. The predicted molar refractivity (Wildman–Crippen MR) is 111 cm³/mol. The van der Waals surface area contributed by atoms with E-state index in [2.05, 4.69) is 26.8 Å². The summed E-state index contributed by atoms with van der Waals surface area (Å²) in [6, 6.07) is 5.62. The largest absolute Gasteiger partial charge is 0.382 e. The van der Waals surface area contributed by atoms with Crippen molar-refractivity contribution in [2.75, 3.05) is 19.3 Å². The SMILES string of the molecule is Cc1ccc(C#C[C@]2(O)CCN(C)C2=O)cc1-c1ncc2c(C)cnc(N)c2n1. The van der Waals surface area contributed by atoms with Crippen LogP contribution in [0.1, 0.15) is 23.1 Å². The number of likely N-dealkylation sites (N-methyl/N-ethyl adjacent to an activating group) is 1. The van der Waals surface area contributed by atoms with Crippen LogP contribution >= 0.6 is 0 Å². The topological polar surface area (TPSA) is 105 Å². The van der Waals surface area contributed by atoms with Crippen molar-refractivity contribution in [2.24, 2.45) is 0 Å². The maximum absolute atomic E-state index is 12.1. The van der Waals surface area contributed by atoms with Crippen LogP contribution in [0.25, 0.3) is 22.3 Å². The molecule has 1 atom stereocenters. The molecular formula is C22H21N5O2. The number of aryl methyl sites for hydroxylation is 2. The molecule has 0 saturated carbocycles. The summed E-state index contributed by atoms with van der Waals surface area (Å²) in [4.78, 5) is 26.9. The fraction of sp³-hybridized carbons (Fsp3) is 0.273. The highest BCUT2D eigenvalue weighted by Crippen LogP contribution is 2.26. The molecule has 1 aliphatic rings. The number of rotatable bonds is 1. The molecule has 1 aromatic carbocycles. The van der Waals surface area contributed by atoms with Gasteiger partial charge in [0.2, 0.25) is 5.60 Å². The van der Waals surface area contributed by atoms with E-state index in [1.165, 1.54) is 4.90 Å². The summed E-state index contributed by atoms with van der Waals surface area (Å²) in [5.74, 6) is 6.19. The van der Waals surface area contributed by atoms with E-state index in [1.54, 1.807) is 19.4 Å². The first-order valence-electron chi connectivity index (χ1n) is 9.28. The van der Waals surface area contributed by atoms with Gasteiger partial charge in [-0.2, -0.15) is 0 Å². The minimum Gasteiger partial charge on any atom is -0.382 e. The summed E-state index contributed by atoms with van der Waals surface area (Å²) in [5, 5.41) is 11.4. The molecule has 1 aliphatic heterocycles. The number of nitrogens with two attached hydrogens (primary N) is 1. The number of amides is 1. The molecule has 0 radical (unpaired) electrons. The van der Waals surface area contributed by atoms with E-state index in [0.29, 0.717) is 35.7 Å². The van der Waals surface area contributed by atoms with Crippen LogP contribution in [0, 0.1) is 25.7 Å². The Morgan fingerprint density at radius 3 is 2.72 bits per heavy atom. The van der Waals surface area contributed by atoms with E-state index >= 15 is 0 Å². The first-order chi connectivity index (χ1) is 13.8. The highest BCUT2D eigenvalue weighted by Gasteiger charge is 2.42. The van der Waals surface area contributed by atoms with Crippen molar-refractivity contribution >= 4 is 22.6 Å². The van der Waals surface area contributed by atoms with Crippen molar-refractivity contribution in [1.29, 1.82) is 0 Å². The molecule has 0 spiro atoms. The number of hydrogen-bond acceptors (Lipinski definition) is 6. The van der Waals surface area contributed by atoms with Crippen molar-refractivity contribution < 1.29 is 9.90 Å². The molecule has 1 fully saturated rings. The number of aliphatic hydroxyl groups is 1.